The molecule has 1 aliphatic rings. The van der Waals surface area contributed by atoms with Gasteiger partial charge in [-0.1, -0.05) is 12.1 Å². The molecule has 0 radical (unpaired) electrons. The van der Waals surface area contributed by atoms with E-state index in [9.17, 15) is 14.9 Å². The first-order chi connectivity index (χ1) is 10.4. The molecule has 3 N–H and O–H groups in total. The van der Waals surface area contributed by atoms with Crippen molar-refractivity contribution in [1.82, 2.24) is 5.32 Å². The second-order valence-corrected chi connectivity index (χ2v) is 4.65. The minimum absolute atomic E-state index is 0.0781. The van der Waals surface area contributed by atoms with E-state index in [4.69, 9.17) is 10.5 Å². The molecule has 1 heterocycles. The van der Waals surface area contributed by atoms with Crippen molar-refractivity contribution in [3.63, 3.8) is 0 Å². The van der Waals surface area contributed by atoms with Crippen LogP contribution in [0.1, 0.15) is 25.5 Å². The number of carbonyl (C=O) groups is 1. The molecule has 0 spiro atoms. The summed E-state index contributed by atoms with van der Waals surface area (Å²) < 4.78 is 5.04. The zero-order chi connectivity index (χ0) is 16.3. The Hall–Kier alpha value is -2.90. The minimum Gasteiger partial charge on any atom is -0.463 e. The molecule has 0 aliphatic carbocycles. The van der Waals surface area contributed by atoms with Crippen molar-refractivity contribution in [2.45, 2.75) is 19.9 Å². The number of non-ortho nitro benzene ring substituents is 1. The number of esters is 1. The van der Waals surface area contributed by atoms with Crippen molar-refractivity contribution in [3.05, 3.63) is 51.2 Å². The van der Waals surface area contributed by atoms with Crippen molar-refractivity contribution < 1.29 is 14.5 Å². The van der Waals surface area contributed by atoms with Crippen molar-refractivity contribution in [2.75, 3.05) is 6.61 Å². The summed E-state index contributed by atoms with van der Waals surface area (Å²) in [5, 5.41) is 13.7. The highest BCUT2D eigenvalue weighted by atomic mass is 16.6. The van der Waals surface area contributed by atoms with Crippen LogP contribution >= 0.6 is 0 Å². The Morgan fingerprint density at radius 3 is 2.91 bits per heavy atom. The number of ether oxygens (including phenoxy) is 1. The second-order valence-electron chi connectivity index (χ2n) is 4.65. The standard InChI is InChI=1S/C14H16N4O4/c1-3-22-13(19)11-8(2)16-14(15)17-12(11)9-5-4-6-10(7-9)18(20)21/h4-7,12H,3H2,1-2H3,(H3,15,16,17)/t12-/m1/s1. The Labute approximate surface area is 126 Å². The number of nitro benzene ring substituents is 1. The molecule has 1 aliphatic heterocycles. The summed E-state index contributed by atoms with van der Waals surface area (Å²) >= 11 is 0. The SMILES string of the molecule is CCOC(=O)C1=C(C)NC(N)=N[C@@H]1c1cccc([N+](=O)[O-])c1. The fraction of sp³-hybridized carbons (Fsp3) is 0.286. The number of nitro groups is 1. The van der Waals surface area contributed by atoms with Crippen LogP contribution in [-0.2, 0) is 9.53 Å². The van der Waals surface area contributed by atoms with Crippen LogP contribution in [0.25, 0.3) is 0 Å². The minimum atomic E-state index is -0.736. The molecule has 116 valence electrons. The van der Waals surface area contributed by atoms with E-state index < -0.39 is 16.9 Å². The molecule has 8 nitrogen and oxygen atoms in total. The van der Waals surface area contributed by atoms with Crippen molar-refractivity contribution in [3.8, 4) is 0 Å². The van der Waals surface area contributed by atoms with Crippen molar-refractivity contribution >= 4 is 17.6 Å². The van der Waals surface area contributed by atoms with Gasteiger partial charge in [0.25, 0.3) is 5.69 Å². The normalized spacial score (nSPS) is 17.5. The van der Waals surface area contributed by atoms with E-state index in [2.05, 4.69) is 10.3 Å². The van der Waals surface area contributed by atoms with E-state index in [0.29, 0.717) is 11.3 Å². The Balaban J connectivity index is 2.49. The molecule has 0 saturated carbocycles. The van der Waals surface area contributed by atoms with E-state index in [-0.39, 0.29) is 23.8 Å². The van der Waals surface area contributed by atoms with Crippen LogP contribution in [0, 0.1) is 10.1 Å². The zero-order valence-corrected chi connectivity index (χ0v) is 12.2. The van der Waals surface area contributed by atoms with Gasteiger partial charge in [0.15, 0.2) is 5.96 Å². The van der Waals surface area contributed by atoms with Gasteiger partial charge in [0.1, 0.15) is 6.04 Å². The molecule has 0 saturated heterocycles. The Morgan fingerprint density at radius 2 is 2.27 bits per heavy atom. The average molecular weight is 304 g/mol. The van der Waals surface area contributed by atoms with Crippen LogP contribution in [0.5, 0.6) is 0 Å². The summed E-state index contributed by atoms with van der Waals surface area (Å²) in [6.45, 7) is 3.60. The highest BCUT2D eigenvalue weighted by Gasteiger charge is 2.30. The van der Waals surface area contributed by atoms with E-state index in [0.717, 1.165) is 0 Å². The third-order valence-electron chi connectivity index (χ3n) is 3.15. The lowest BCUT2D eigenvalue weighted by atomic mass is 9.96. The molecule has 1 atom stereocenters. The highest BCUT2D eigenvalue weighted by molar-refractivity contribution is 5.94. The summed E-state index contributed by atoms with van der Waals surface area (Å²) in [6.07, 6.45) is 0. The van der Waals surface area contributed by atoms with Gasteiger partial charge >= 0.3 is 5.97 Å². The van der Waals surface area contributed by atoms with Crippen LogP contribution < -0.4 is 11.1 Å². The molecule has 1 aromatic carbocycles. The summed E-state index contributed by atoms with van der Waals surface area (Å²) in [5.74, 6) is -0.387. The van der Waals surface area contributed by atoms with E-state index in [1.807, 2.05) is 0 Å². The third kappa shape index (κ3) is 3.05. The predicted molar refractivity (Wildman–Crippen MR) is 79.9 cm³/mol. The average Bonchev–Trinajstić information content (AvgIpc) is 2.46. The predicted octanol–water partition coefficient (Wildman–Crippen LogP) is 1.39. The lowest BCUT2D eigenvalue weighted by Gasteiger charge is -2.24. The molecule has 0 bridgehead atoms. The topological polar surface area (TPSA) is 120 Å². The number of nitrogens with zero attached hydrogens (tertiary/aromatic N) is 2. The monoisotopic (exact) mass is 304 g/mol. The van der Waals surface area contributed by atoms with Crippen LogP contribution in [0.15, 0.2) is 40.5 Å². The maximum Gasteiger partial charge on any atom is 0.338 e. The second kappa shape index (κ2) is 6.25. The van der Waals surface area contributed by atoms with Gasteiger partial charge in [-0.05, 0) is 19.4 Å². The molecule has 0 fully saturated rings. The molecular formula is C14H16N4O4. The van der Waals surface area contributed by atoms with Gasteiger partial charge in [-0.2, -0.15) is 0 Å². The van der Waals surface area contributed by atoms with Crippen LogP contribution in [0.4, 0.5) is 5.69 Å². The van der Waals surface area contributed by atoms with Gasteiger partial charge in [0.2, 0.25) is 0 Å². The van der Waals surface area contributed by atoms with E-state index in [1.165, 1.54) is 12.1 Å². The molecule has 8 heteroatoms. The van der Waals surface area contributed by atoms with Crippen molar-refractivity contribution in [2.24, 2.45) is 10.7 Å². The molecule has 22 heavy (non-hydrogen) atoms. The number of hydrogen-bond donors (Lipinski definition) is 2. The first kappa shape index (κ1) is 15.5. The van der Waals surface area contributed by atoms with E-state index >= 15 is 0 Å². The van der Waals surface area contributed by atoms with Crippen LogP contribution in [0.3, 0.4) is 0 Å². The number of nitrogens with one attached hydrogen (secondary N) is 1. The van der Waals surface area contributed by atoms with Crippen LogP contribution in [-0.4, -0.2) is 23.5 Å². The molecule has 2 rings (SSSR count). The fourth-order valence-electron chi connectivity index (χ4n) is 2.22. The number of carbonyl (C=O) groups excluding carboxylic acids is 1. The Bertz CT molecular complexity index is 681. The zero-order valence-electron chi connectivity index (χ0n) is 12.2. The smallest absolute Gasteiger partial charge is 0.338 e. The number of rotatable bonds is 4. The maximum absolute atomic E-state index is 12.2. The first-order valence-electron chi connectivity index (χ1n) is 6.66. The summed E-state index contributed by atoms with van der Waals surface area (Å²) in [7, 11) is 0. The Kier molecular flexibility index (Phi) is 4.40. The number of nitrogens with two attached hydrogens (primary N) is 1. The fourth-order valence-corrected chi connectivity index (χ4v) is 2.22. The lowest BCUT2D eigenvalue weighted by molar-refractivity contribution is -0.384. The molecule has 0 unspecified atom stereocenters. The third-order valence-corrected chi connectivity index (χ3v) is 3.15. The molecule has 1 aromatic rings. The number of guanidine groups is 1. The van der Waals surface area contributed by atoms with Gasteiger partial charge in [-0.25, -0.2) is 9.79 Å². The lowest BCUT2D eigenvalue weighted by Crippen LogP contribution is -2.37. The first-order valence-corrected chi connectivity index (χ1v) is 6.66. The largest absolute Gasteiger partial charge is 0.463 e. The quantitative estimate of drug-likeness (QED) is 0.492. The number of aliphatic imine (C=N–C) groups is 1. The van der Waals surface area contributed by atoms with Gasteiger partial charge in [0, 0.05) is 17.8 Å². The van der Waals surface area contributed by atoms with Crippen molar-refractivity contribution in [1.29, 1.82) is 0 Å². The van der Waals surface area contributed by atoms with Gasteiger partial charge in [-0.15, -0.1) is 0 Å². The number of allylic oxidation sites excluding steroid dienone is 1. The van der Waals surface area contributed by atoms with Crippen LogP contribution in [0.2, 0.25) is 0 Å². The maximum atomic E-state index is 12.2. The number of hydrogen-bond acceptors (Lipinski definition) is 7. The Morgan fingerprint density at radius 1 is 1.55 bits per heavy atom. The summed E-state index contributed by atoms with van der Waals surface area (Å²) in [5.41, 5.74) is 6.93. The molecule has 0 amide bonds. The van der Waals surface area contributed by atoms with Gasteiger partial charge in [-0.3, -0.25) is 10.1 Å². The summed E-state index contributed by atoms with van der Waals surface area (Å²) in [4.78, 5) is 26.8. The highest BCUT2D eigenvalue weighted by Crippen LogP contribution is 2.32. The molecule has 0 aromatic heterocycles. The van der Waals surface area contributed by atoms with Gasteiger partial charge < -0.3 is 15.8 Å². The van der Waals surface area contributed by atoms with Gasteiger partial charge in [0.05, 0.1) is 17.1 Å². The van der Waals surface area contributed by atoms with E-state index in [1.54, 1.807) is 26.0 Å². The number of benzene rings is 1. The molecular weight excluding hydrogens is 288 g/mol. The summed E-state index contributed by atoms with van der Waals surface area (Å²) in [6, 6.07) is 5.21.